The van der Waals surface area contributed by atoms with E-state index >= 15 is 0 Å². The molecule has 4 rings (SSSR count). The minimum Gasteiger partial charge on any atom is -0.337 e. The van der Waals surface area contributed by atoms with E-state index in [-0.39, 0.29) is 23.5 Å². The molecule has 0 N–H and O–H groups in total. The van der Waals surface area contributed by atoms with Crippen molar-refractivity contribution in [2.45, 2.75) is 45.6 Å². The van der Waals surface area contributed by atoms with Crippen molar-refractivity contribution in [1.29, 1.82) is 0 Å². The van der Waals surface area contributed by atoms with Gasteiger partial charge in [0.05, 0.1) is 23.2 Å². The van der Waals surface area contributed by atoms with Gasteiger partial charge in [-0.25, -0.2) is 8.42 Å². The molecule has 2 aromatic rings. The average molecular weight is 402 g/mol. The fraction of sp³-hybridized carbons (Fsp3) is 0.524. The fourth-order valence-corrected chi connectivity index (χ4v) is 5.81. The highest BCUT2D eigenvalue weighted by atomic mass is 32.2. The fourth-order valence-electron chi connectivity index (χ4n) is 4.12. The summed E-state index contributed by atoms with van der Waals surface area (Å²) in [7, 11) is -3.05. The molecular weight excluding hydrogens is 374 g/mol. The molecule has 1 amide bonds. The standard InChI is InChI=1S/C21H27N3O3S/c1-15-6-7-17(12-16(15)2)20-13-19(21(25)23-9-4-3-5-10-23)22-24(20)18-8-11-28(26,27)14-18/h6-7,12-13,18H,3-5,8-11,14H2,1-2H3. The van der Waals surface area contributed by atoms with E-state index in [0.717, 1.165) is 49.2 Å². The van der Waals surface area contributed by atoms with Crippen LogP contribution in [0.3, 0.4) is 0 Å². The number of carbonyl (C=O) groups is 1. The van der Waals surface area contributed by atoms with Crippen LogP contribution in [0.1, 0.15) is 53.3 Å². The summed E-state index contributed by atoms with van der Waals surface area (Å²) < 4.78 is 25.8. The minimum absolute atomic E-state index is 0.0515. The molecule has 2 aliphatic heterocycles. The topological polar surface area (TPSA) is 72.3 Å². The van der Waals surface area contributed by atoms with E-state index in [1.165, 1.54) is 5.56 Å². The van der Waals surface area contributed by atoms with Crippen LogP contribution in [-0.4, -0.2) is 53.6 Å². The maximum atomic E-state index is 13.0. The SMILES string of the molecule is Cc1ccc(-c2cc(C(=O)N3CCCCC3)nn2C2CCS(=O)(=O)C2)cc1C. The van der Waals surface area contributed by atoms with Crippen molar-refractivity contribution in [2.75, 3.05) is 24.6 Å². The molecule has 0 saturated carbocycles. The molecule has 1 aromatic heterocycles. The van der Waals surface area contributed by atoms with Crippen LogP contribution in [0.5, 0.6) is 0 Å². The third-order valence-corrected chi connectivity index (χ3v) is 7.71. The highest BCUT2D eigenvalue weighted by Crippen LogP contribution is 2.31. The molecule has 2 aliphatic rings. The van der Waals surface area contributed by atoms with E-state index in [2.05, 4.69) is 31.1 Å². The molecule has 0 aliphatic carbocycles. The average Bonchev–Trinajstić information content (AvgIpc) is 3.27. The van der Waals surface area contributed by atoms with Gasteiger partial charge in [0, 0.05) is 18.7 Å². The van der Waals surface area contributed by atoms with Crippen molar-refractivity contribution >= 4 is 15.7 Å². The number of aromatic nitrogens is 2. The Morgan fingerprint density at radius 3 is 2.46 bits per heavy atom. The van der Waals surface area contributed by atoms with Crippen LogP contribution in [0, 0.1) is 13.8 Å². The Kier molecular flexibility index (Phi) is 5.04. The minimum atomic E-state index is -3.05. The molecule has 0 radical (unpaired) electrons. The van der Waals surface area contributed by atoms with Crippen molar-refractivity contribution in [2.24, 2.45) is 0 Å². The molecule has 28 heavy (non-hydrogen) atoms. The van der Waals surface area contributed by atoms with Crippen molar-refractivity contribution in [3.63, 3.8) is 0 Å². The number of piperidine rings is 1. The zero-order chi connectivity index (χ0) is 19.9. The Morgan fingerprint density at radius 2 is 1.82 bits per heavy atom. The van der Waals surface area contributed by atoms with E-state index in [1.807, 2.05) is 17.0 Å². The number of hydrogen-bond donors (Lipinski definition) is 0. The van der Waals surface area contributed by atoms with E-state index in [1.54, 1.807) is 4.68 Å². The lowest BCUT2D eigenvalue weighted by atomic mass is 10.0. The summed E-state index contributed by atoms with van der Waals surface area (Å²) in [5.41, 5.74) is 4.57. The Balaban J connectivity index is 1.75. The molecule has 0 bridgehead atoms. The first kappa shape index (κ1) is 19.2. The number of nitrogens with zero attached hydrogens (tertiary/aromatic N) is 3. The Hall–Kier alpha value is -2.15. The lowest BCUT2D eigenvalue weighted by molar-refractivity contribution is 0.0717. The van der Waals surface area contributed by atoms with Crippen LogP contribution in [0.4, 0.5) is 0 Å². The molecule has 6 nitrogen and oxygen atoms in total. The van der Waals surface area contributed by atoms with Gasteiger partial charge in [-0.1, -0.05) is 12.1 Å². The molecule has 1 atom stereocenters. The lowest BCUT2D eigenvalue weighted by Gasteiger charge is -2.25. The Bertz CT molecular complexity index is 1000. The van der Waals surface area contributed by atoms with Crippen LogP contribution >= 0.6 is 0 Å². The normalized spacial score (nSPS) is 21.8. The zero-order valence-corrected chi connectivity index (χ0v) is 17.3. The summed E-state index contributed by atoms with van der Waals surface area (Å²) in [6, 6.07) is 7.78. The molecule has 150 valence electrons. The molecule has 2 saturated heterocycles. The van der Waals surface area contributed by atoms with Gasteiger partial charge >= 0.3 is 0 Å². The van der Waals surface area contributed by atoms with Gasteiger partial charge in [-0.15, -0.1) is 0 Å². The van der Waals surface area contributed by atoms with Gasteiger partial charge < -0.3 is 4.90 Å². The monoisotopic (exact) mass is 401 g/mol. The van der Waals surface area contributed by atoms with Crippen molar-refractivity contribution < 1.29 is 13.2 Å². The lowest BCUT2D eigenvalue weighted by Crippen LogP contribution is -2.35. The predicted octanol–water partition coefficient (Wildman–Crippen LogP) is 3.15. The van der Waals surface area contributed by atoms with Crippen LogP contribution in [0.2, 0.25) is 0 Å². The van der Waals surface area contributed by atoms with Crippen molar-refractivity contribution in [3.05, 3.63) is 41.1 Å². The number of benzene rings is 1. The van der Waals surface area contributed by atoms with Crippen LogP contribution in [-0.2, 0) is 9.84 Å². The third kappa shape index (κ3) is 3.72. The first-order valence-electron chi connectivity index (χ1n) is 10.0. The number of aryl methyl sites for hydroxylation is 2. The van der Waals surface area contributed by atoms with Crippen LogP contribution in [0.25, 0.3) is 11.3 Å². The van der Waals surface area contributed by atoms with Gasteiger partial charge in [-0.05, 0) is 62.8 Å². The summed E-state index contributed by atoms with van der Waals surface area (Å²) in [5, 5.41) is 4.62. The van der Waals surface area contributed by atoms with E-state index < -0.39 is 9.84 Å². The van der Waals surface area contributed by atoms with E-state index in [9.17, 15) is 13.2 Å². The van der Waals surface area contributed by atoms with Crippen LogP contribution < -0.4 is 0 Å². The van der Waals surface area contributed by atoms with Gasteiger partial charge in [-0.2, -0.15) is 5.10 Å². The van der Waals surface area contributed by atoms with Gasteiger partial charge in [0.1, 0.15) is 0 Å². The molecule has 0 spiro atoms. The number of carbonyl (C=O) groups excluding carboxylic acids is 1. The second-order valence-electron chi connectivity index (χ2n) is 8.07. The molecule has 1 aromatic carbocycles. The number of rotatable bonds is 3. The van der Waals surface area contributed by atoms with Crippen LogP contribution in [0.15, 0.2) is 24.3 Å². The molecular formula is C21H27N3O3S. The highest BCUT2D eigenvalue weighted by molar-refractivity contribution is 7.91. The summed E-state index contributed by atoms with van der Waals surface area (Å²) in [4.78, 5) is 14.9. The maximum absolute atomic E-state index is 13.0. The number of likely N-dealkylation sites (tertiary alicyclic amines) is 1. The van der Waals surface area contributed by atoms with Gasteiger partial charge in [-0.3, -0.25) is 9.48 Å². The van der Waals surface area contributed by atoms with Crippen molar-refractivity contribution in [3.8, 4) is 11.3 Å². The van der Waals surface area contributed by atoms with E-state index in [0.29, 0.717) is 12.1 Å². The second-order valence-corrected chi connectivity index (χ2v) is 10.3. The summed E-state index contributed by atoms with van der Waals surface area (Å²) >= 11 is 0. The van der Waals surface area contributed by atoms with Gasteiger partial charge in [0.25, 0.3) is 5.91 Å². The Morgan fingerprint density at radius 1 is 1.07 bits per heavy atom. The molecule has 2 fully saturated rings. The van der Waals surface area contributed by atoms with Gasteiger partial charge in [0.2, 0.25) is 0 Å². The maximum Gasteiger partial charge on any atom is 0.274 e. The first-order chi connectivity index (χ1) is 13.3. The first-order valence-corrected chi connectivity index (χ1v) is 11.8. The number of amides is 1. The van der Waals surface area contributed by atoms with Crippen molar-refractivity contribution in [1.82, 2.24) is 14.7 Å². The quantitative estimate of drug-likeness (QED) is 0.792. The predicted molar refractivity (Wildman–Crippen MR) is 109 cm³/mol. The van der Waals surface area contributed by atoms with Gasteiger partial charge in [0.15, 0.2) is 15.5 Å². The second kappa shape index (κ2) is 7.35. The zero-order valence-electron chi connectivity index (χ0n) is 16.5. The Labute approximate surface area is 166 Å². The summed E-state index contributed by atoms with van der Waals surface area (Å²) in [6.07, 6.45) is 3.75. The molecule has 3 heterocycles. The summed E-state index contributed by atoms with van der Waals surface area (Å²) in [6.45, 7) is 5.65. The smallest absolute Gasteiger partial charge is 0.274 e. The number of sulfone groups is 1. The third-order valence-electron chi connectivity index (χ3n) is 5.96. The highest BCUT2D eigenvalue weighted by Gasteiger charge is 2.33. The largest absolute Gasteiger partial charge is 0.337 e. The van der Waals surface area contributed by atoms with E-state index in [4.69, 9.17) is 0 Å². The molecule has 7 heteroatoms. The summed E-state index contributed by atoms with van der Waals surface area (Å²) in [5.74, 6) is 0.216. The molecule has 1 unspecified atom stereocenters. The number of hydrogen-bond acceptors (Lipinski definition) is 4.